The first-order valence-electron chi connectivity index (χ1n) is 4.28. The van der Waals surface area contributed by atoms with Gasteiger partial charge in [0.25, 0.3) is 0 Å². The van der Waals surface area contributed by atoms with Crippen LogP contribution in [0.5, 0.6) is 0 Å². The fraction of sp³-hybridized carbons (Fsp3) is 0.0909. The maximum Gasteiger partial charge on any atom is 0.0934 e. The number of aryl methyl sites for hydroxylation is 1. The number of thiophene rings is 1. The summed E-state index contributed by atoms with van der Waals surface area (Å²) >= 11 is 7.42. The van der Waals surface area contributed by atoms with Crippen molar-refractivity contribution in [2.75, 3.05) is 5.73 Å². The Hall–Kier alpha value is -0.990. The molecule has 2 aromatic rings. The molecule has 0 aliphatic heterocycles. The number of rotatable bonds is 1. The lowest BCUT2D eigenvalue weighted by Crippen LogP contribution is -1.88. The van der Waals surface area contributed by atoms with Crippen molar-refractivity contribution in [2.24, 2.45) is 0 Å². The van der Waals surface area contributed by atoms with E-state index < -0.39 is 0 Å². The van der Waals surface area contributed by atoms with E-state index in [1.807, 2.05) is 31.2 Å². The highest BCUT2D eigenvalue weighted by Gasteiger charge is 2.04. The SMILES string of the molecule is Cc1ccc(-c2ccc(Cl)s2)c(N)c1. The molecule has 0 fully saturated rings. The van der Waals surface area contributed by atoms with Crippen LogP contribution < -0.4 is 5.73 Å². The highest BCUT2D eigenvalue weighted by molar-refractivity contribution is 7.19. The molecule has 0 unspecified atom stereocenters. The zero-order valence-electron chi connectivity index (χ0n) is 7.75. The molecule has 0 radical (unpaired) electrons. The summed E-state index contributed by atoms with van der Waals surface area (Å²) in [6.07, 6.45) is 0. The molecule has 3 heteroatoms. The summed E-state index contributed by atoms with van der Waals surface area (Å²) in [6.45, 7) is 2.03. The molecule has 14 heavy (non-hydrogen) atoms. The Morgan fingerprint density at radius 1 is 1.21 bits per heavy atom. The average Bonchev–Trinajstić information content (AvgIpc) is 2.51. The third-order valence-electron chi connectivity index (χ3n) is 2.05. The van der Waals surface area contributed by atoms with Crippen molar-refractivity contribution in [3.05, 3.63) is 40.2 Å². The third-order valence-corrected chi connectivity index (χ3v) is 3.31. The number of hydrogen-bond donors (Lipinski definition) is 1. The van der Waals surface area contributed by atoms with E-state index in [-0.39, 0.29) is 0 Å². The van der Waals surface area contributed by atoms with E-state index in [1.54, 1.807) is 11.3 Å². The summed E-state index contributed by atoms with van der Waals surface area (Å²) in [5.74, 6) is 0. The van der Waals surface area contributed by atoms with Gasteiger partial charge in [0.2, 0.25) is 0 Å². The molecule has 1 nitrogen and oxygen atoms in total. The van der Waals surface area contributed by atoms with Gasteiger partial charge in [0.05, 0.1) is 4.34 Å². The maximum absolute atomic E-state index is 5.93. The second-order valence-corrected chi connectivity index (χ2v) is 4.91. The van der Waals surface area contributed by atoms with Crippen LogP contribution in [0.4, 0.5) is 5.69 Å². The first kappa shape index (κ1) is 9.56. The normalized spacial score (nSPS) is 10.4. The monoisotopic (exact) mass is 223 g/mol. The van der Waals surface area contributed by atoms with E-state index in [0.29, 0.717) is 0 Å². The van der Waals surface area contributed by atoms with Crippen LogP contribution in [0.1, 0.15) is 5.56 Å². The van der Waals surface area contributed by atoms with Gasteiger partial charge >= 0.3 is 0 Å². The van der Waals surface area contributed by atoms with Crippen LogP contribution in [0.25, 0.3) is 10.4 Å². The summed E-state index contributed by atoms with van der Waals surface area (Å²) in [7, 11) is 0. The van der Waals surface area contributed by atoms with Crippen molar-refractivity contribution in [3.63, 3.8) is 0 Å². The zero-order valence-corrected chi connectivity index (χ0v) is 9.32. The molecular formula is C11H10ClNS. The molecule has 0 saturated carbocycles. The molecule has 72 valence electrons. The van der Waals surface area contributed by atoms with Gasteiger partial charge in [-0.05, 0) is 30.7 Å². The second-order valence-electron chi connectivity index (χ2n) is 3.19. The number of benzene rings is 1. The molecule has 1 heterocycles. The Morgan fingerprint density at radius 3 is 2.57 bits per heavy atom. The number of hydrogen-bond acceptors (Lipinski definition) is 2. The minimum atomic E-state index is 0.792. The number of anilines is 1. The number of halogens is 1. The Balaban J connectivity index is 2.52. The Bertz CT molecular complexity index is 462. The average molecular weight is 224 g/mol. The van der Waals surface area contributed by atoms with Crippen molar-refractivity contribution < 1.29 is 0 Å². The smallest absolute Gasteiger partial charge is 0.0934 e. The van der Waals surface area contributed by atoms with E-state index in [9.17, 15) is 0 Å². The summed E-state index contributed by atoms with van der Waals surface area (Å²) < 4.78 is 0.792. The molecule has 1 aromatic carbocycles. The summed E-state index contributed by atoms with van der Waals surface area (Å²) in [6, 6.07) is 9.95. The third kappa shape index (κ3) is 1.76. The van der Waals surface area contributed by atoms with Crippen LogP contribution in [-0.2, 0) is 0 Å². The molecule has 2 N–H and O–H groups in total. The van der Waals surface area contributed by atoms with E-state index in [4.69, 9.17) is 17.3 Å². The van der Waals surface area contributed by atoms with Gasteiger partial charge in [-0.25, -0.2) is 0 Å². The Morgan fingerprint density at radius 2 is 2.00 bits per heavy atom. The summed E-state index contributed by atoms with van der Waals surface area (Å²) in [4.78, 5) is 1.12. The minimum absolute atomic E-state index is 0.792. The van der Waals surface area contributed by atoms with Gasteiger partial charge in [-0.3, -0.25) is 0 Å². The molecular weight excluding hydrogens is 214 g/mol. The standard InChI is InChI=1S/C11H10ClNS/c1-7-2-3-8(9(13)6-7)10-4-5-11(12)14-10/h2-6H,13H2,1H3. The van der Waals surface area contributed by atoms with Crippen LogP contribution in [-0.4, -0.2) is 0 Å². The first-order chi connectivity index (χ1) is 6.66. The number of nitrogens with two attached hydrogens (primary N) is 1. The second kappa shape index (κ2) is 3.64. The van der Waals surface area contributed by atoms with Crippen LogP contribution in [0, 0.1) is 6.92 Å². The quantitative estimate of drug-likeness (QED) is 0.728. The van der Waals surface area contributed by atoms with Gasteiger partial charge in [-0.1, -0.05) is 23.7 Å². The Labute approximate surface area is 92.1 Å². The van der Waals surface area contributed by atoms with Gasteiger partial charge < -0.3 is 5.73 Å². The predicted molar refractivity (Wildman–Crippen MR) is 63.9 cm³/mol. The minimum Gasteiger partial charge on any atom is -0.398 e. The highest BCUT2D eigenvalue weighted by atomic mass is 35.5. The maximum atomic E-state index is 5.93. The van der Waals surface area contributed by atoms with Crippen LogP contribution in [0.15, 0.2) is 30.3 Å². The van der Waals surface area contributed by atoms with Gasteiger partial charge in [-0.15, -0.1) is 11.3 Å². The van der Waals surface area contributed by atoms with Crippen molar-refractivity contribution >= 4 is 28.6 Å². The molecule has 0 bridgehead atoms. The largest absolute Gasteiger partial charge is 0.398 e. The summed E-state index contributed by atoms with van der Waals surface area (Å²) in [5, 5.41) is 0. The lowest BCUT2D eigenvalue weighted by atomic mass is 10.1. The van der Waals surface area contributed by atoms with E-state index >= 15 is 0 Å². The van der Waals surface area contributed by atoms with Crippen molar-refractivity contribution in [1.82, 2.24) is 0 Å². The first-order valence-corrected chi connectivity index (χ1v) is 5.48. The number of nitrogen functional groups attached to an aromatic ring is 1. The van der Waals surface area contributed by atoms with E-state index in [1.165, 1.54) is 5.56 Å². The molecule has 0 aliphatic rings. The molecule has 0 atom stereocenters. The highest BCUT2D eigenvalue weighted by Crippen LogP contribution is 2.34. The summed E-state index contributed by atoms with van der Waals surface area (Å²) in [5.41, 5.74) is 8.97. The van der Waals surface area contributed by atoms with Crippen molar-refractivity contribution in [3.8, 4) is 10.4 Å². The molecule has 2 rings (SSSR count). The molecule has 0 aliphatic carbocycles. The molecule has 0 spiro atoms. The van der Waals surface area contributed by atoms with Gasteiger partial charge in [0, 0.05) is 16.1 Å². The fourth-order valence-corrected chi connectivity index (χ4v) is 2.46. The van der Waals surface area contributed by atoms with Crippen LogP contribution >= 0.6 is 22.9 Å². The topological polar surface area (TPSA) is 26.0 Å². The van der Waals surface area contributed by atoms with Crippen LogP contribution in [0.3, 0.4) is 0 Å². The van der Waals surface area contributed by atoms with Gasteiger partial charge in [0.1, 0.15) is 0 Å². The van der Waals surface area contributed by atoms with E-state index in [0.717, 1.165) is 20.5 Å². The lowest BCUT2D eigenvalue weighted by Gasteiger charge is -2.03. The molecule has 0 saturated heterocycles. The molecule has 0 amide bonds. The van der Waals surface area contributed by atoms with E-state index in [2.05, 4.69) is 6.07 Å². The Kier molecular flexibility index (Phi) is 2.48. The lowest BCUT2D eigenvalue weighted by molar-refractivity contribution is 1.48. The van der Waals surface area contributed by atoms with Gasteiger partial charge in [-0.2, -0.15) is 0 Å². The zero-order chi connectivity index (χ0) is 10.1. The van der Waals surface area contributed by atoms with Gasteiger partial charge in [0.15, 0.2) is 0 Å². The predicted octanol–water partition coefficient (Wildman–Crippen LogP) is 3.96. The molecule has 1 aromatic heterocycles. The van der Waals surface area contributed by atoms with Crippen molar-refractivity contribution in [1.29, 1.82) is 0 Å². The fourth-order valence-electron chi connectivity index (χ4n) is 1.37. The van der Waals surface area contributed by atoms with Crippen molar-refractivity contribution in [2.45, 2.75) is 6.92 Å². The van der Waals surface area contributed by atoms with Crippen LogP contribution in [0.2, 0.25) is 4.34 Å².